The maximum atomic E-state index is 15.1. The van der Waals surface area contributed by atoms with Gasteiger partial charge in [0, 0.05) is 42.3 Å². The number of nitrogens with one attached hydrogen (secondary N) is 1. The lowest BCUT2D eigenvalue weighted by Gasteiger charge is -2.39. The van der Waals surface area contributed by atoms with Crippen LogP contribution in [0.2, 0.25) is 0 Å². The van der Waals surface area contributed by atoms with E-state index in [1.165, 1.54) is 4.90 Å². The first kappa shape index (κ1) is 38.2. The zero-order valence-corrected chi connectivity index (χ0v) is 31.2. The van der Waals surface area contributed by atoms with Crippen molar-refractivity contribution in [1.82, 2.24) is 10.2 Å². The zero-order valence-electron chi connectivity index (χ0n) is 29.6. The zero-order chi connectivity index (χ0) is 36.9. The average Bonchev–Trinajstić information content (AvgIpc) is 3.73. The molecule has 8 atom stereocenters. The molecule has 3 fully saturated rings. The number of amides is 3. The summed E-state index contributed by atoms with van der Waals surface area (Å²) >= 11 is 3.72. The molecule has 11 nitrogen and oxygen atoms in total. The third-order valence-electron chi connectivity index (χ3n) is 10.3. The quantitative estimate of drug-likeness (QED) is 0.137. The van der Waals surface area contributed by atoms with Crippen LogP contribution in [0.5, 0.6) is 0 Å². The molecule has 3 heterocycles. The highest BCUT2D eigenvalue weighted by Crippen LogP contribution is 2.61. The number of hydrogen-bond donors (Lipinski definition) is 2. The summed E-state index contributed by atoms with van der Waals surface area (Å²) < 4.78 is 12.6. The van der Waals surface area contributed by atoms with Crippen LogP contribution < -0.4 is 15.1 Å². The van der Waals surface area contributed by atoms with Crippen LogP contribution in [-0.4, -0.2) is 95.2 Å². The number of benzene rings is 2. The Balaban J connectivity index is 1.52. The van der Waals surface area contributed by atoms with Gasteiger partial charge in [0.15, 0.2) is 0 Å². The molecule has 1 unspecified atom stereocenters. The van der Waals surface area contributed by atoms with E-state index in [0.29, 0.717) is 17.7 Å². The molecule has 12 heteroatoms. The van der Waals surface area contributed by atoms with Crippen molar-refractivity contribution in [2.24, 2.45) is 11.8 Å². The van der Waals surface area contributed by atoms with Gasteiger partial charge >= 0.3 is 5.97 Å². The van der Waals surface area contributed by atoms with Crippen molar-refractivity contribution in [2.45, 2.75) is 74.8 Å². The van der Waals surface area contributed by atoms with Crippen molar-refractivity contribution in [2.75, 3.05) is 42.6 Å². The summed E-state index contributed by atoms with van der Waals surface area (Å²) in [6, 6.07) is 14.7. The fraction of sp³-hybridized carbons (Fsp3) is 0.487. The first-order chi connectivity index (χ1) is 24.6. The lowest BCUT2D eigenvalue weighted by Crippen LogP contribution is -2.57. The lowest BCUT2D eigenvalue weighted by molar-refractivity contribution is -0.159. The van der Waals surface area contributed by atoms with Crippen LogP contribution >= 0.6 is 15.9 Å². The Morgan fingerprint density at radius 2 is 1.76 bits per heavy atom. The number of fused-ring (bicyclic) bond motifs is 1. The number of halogens is 1. The molecule has 0 radical (unpaired) electrons. The second kappa shape index (κ2) is 16.6. The summed E-state index contributed by atoms with van der Waals surface area (Å²) in [5, 5.41) is 13.6. The number of esters is 1. The molecule has 2 bridgehead atoms. The SMILES string of the molecule is C=CCCC(=O)NC[C@@H](C)OC(=O)[C@H]1[C@@H]2O[C@@]3(CC2Br)[C@@H]1C(=O)N([C@H](CO)c1ccccc1)[C@@H]3C(=O)N(CC=C)c1ccc(N(CC)CC)cc1. The van der Waals surface area contributed by atoms with E-state index in [0.717, 1.165) is 18.8 Å². The van der Waals surface area contributed by atoms with E-state index in [4.69, 9.17) is 9.47 Å². The summed E-state index contributed by atoms with van der Waals surface area (Å²) in [6.07, 6.45) is 2.96. The predicted octanol–water partition coefficient (Wildman–Crippen LogP) is 4.55. The monoisotopic (exact) mass is 764 g/mol. The molecule has 3 aliphatic heterocycles. The van der Waals surface area contributed by atoms with Crippen LogP contribution in [0.25, 0.3) is 0 Å². The maximum absolute atomic E-state index is 15.1. The Labute approximate surface area is 308 Å². The van der Waals surface area contributed by atoms with Gasteiger partial charge in [0.25, 0.3) is 5.91 Å². The number of anilines is 2. The van der Waals surface area contributed by atoms with E-state index in [1.54, 1.807) is 36.1 Å². The van der Waals surface area contributed by atoms with Gasteiger partial charge in [0.2, 0.25) is 11.8 Å². The van der Waals surface area contributed by atoms with Crippen LogP contribution in [0.3, 0.4) is 0 Å². The highest BCUT2D eigenvalue weighted by Gasteiger charge is 2.77. The van der Waals surface area contributed by atoms with Gasteiger partial charge in [-0.15, -0.1) is 13.2 Å². The number of hydrogen-bond acceptors (Lipinski definition) is 8. The number of allylic oxidation sites excluding steroid dienone is 1. The van der Waals surface area contributed by atoms with E-state index in [9.17, 15) is 19.5 Å². The summed E-state index contributed by atoms with van der Waals surface area (Å²) in [5.41, 5.74) is 0.890. The van der Waals surface area contributed by atoms with Crippen LogP contribution in [0.15, 0.2) is 79.9 Å². The van der Waals surface area contributed by atoms with Gasteiger partial charge in [0.05, 0.1) is 37.1 Å². The molecule has 3 saturated heterocycles. The molecule has 1 spiro atoms. The van der Waals surface area contributed by atoms with Crippen molar-refractivity contribution in [3.05, 3.63) is 85.5 Å². The number of aliphatic hydroxyl groups is 1. The number of likely N-dealkylation sites (tertiary alicyclic amines) is 1. The lowest BCUT2D eigenvalue weighted by atomic mass is 9.70. The number of alkyl halides is 1. The minimum atomic E-state index is -1.39. The van der Waals surface area contributed by atoms with Crippen molar-refractivity contribution in [1.29, 1.82) is 0 Å². The second-order valence-corrected chi connectivity index (χ2v) is 14.5. The highest BCUT2D eigenvalue weighted by atomic mass is 79.9. The third kappa shape index (κ3) is 7.36. The van der Waals surface area contributed by atoms with Crippen LogP contribution in [0, 0.1) is 11.8 Å². The van der Waals surface area contributed by atoms with E-state index < -0.39 is 66.1 Å². The smallest absolute Gasteiger partial charge is 0.312 e. The largest absolute Gasteiger partial charge is 0.460 e. The van der Waals surface area contributed by atoms with E-state index in [1.807, 2.05) is 42.5 Å². The number of aliphatic hydroxyl groups excluding tert-OH is 1. The topological polar surface area (TPSA) is 129 Å². The summed E-state index contributed by atoms with van der Waals surface area (Å²) in [5.74, 6) is -3.75. The minimum absolute atomic E-state index is 0.0961. The van der Waals surface area contributed by atoms with Crippen LogP contribution in [-0.2, 0) is 28.7 Å². The van der Waals surface area contributed by atoms with Crippen molar-refractivity contribution >= 4 is 51.0 Å². The maximum Gasteiger partial charge on any atom is 0.312 e. The molecule has 3 aliphatic rings. The number of nitrogens with zero attached hydrogens (tertiary/aromatic N) is 3. The average molecular weight is 766 g/mol. The van der Waals surface area contributed by atoms with Gasteiger partial charge in [-0.05, 0) is 63.4 Å². The van der Waals surface area contributed by atoms with Crippen molar-refractivity contribution < 1.29 is 33.8 Å². The van der Waals surface area contributed by atoms with E-state index >= 15 is 4.79 Å². The first-order valence-electron chi connectivity index (χ1n) is 17.7. The van der Waals surface area contributed by atoms with E-state index in [-0.39, 0.29) is 36.7 Å². The molecular formula is C39H49BrN4O7. The Morgan fingerprint density at radius 1 is 1.10 bits per heavy atom. The summed E-state index contributed by atoms with van der Waals surface area (Å²) in [7, 11) is 0. The number of ether oxygens (including phenoxy) is 2. The van der Waals surface area contributed by atoms with Gasteiger partial charge in [-0.3, -0.25) is 19.2 Å². The third-order valence-corrected chi connectivity index (χ3v) is 11.1. The van der Waals surface area contributed by atoms with Gasteiger partial charge in [-0.1, -0.05) is 58.4 Å². The Bertz CT molecular complexity index is 1590. The highest BCUT2D eigenvalue weighted by molar-refractivity contribution is 9.09. The number of carbonyl (C=O) groups excluding carboxylic acids is 4. The van der Waals surface area contributed by atoms with Crippen LogP contribution in [0.1, 0.15) is 51.6 Å². The molecular weight excluding hydrogens is 716 g/mol. The molecule has 5 rings (SSSR count). The number of carbonyl (C=O) groups is 4. The fourth-order valence-electron chi connectivity index (χ4n) is 7.91. The van der Waals surface area contributed by atoms with E-state index in [2.05, 4.69) is 53.2 Å². The predicted molar refractivity (Wildman–Crippen MR) is 199 cm³/mol. The normalized spacial score (nSPS) is 25.9. The standard InChI is InChI=1S/C39H49BrN4O7/c1-6-10-16-31(46)41-23-25(5)50-38(49)32-33-36(47)44(30(24-45)26-14-12-11-13-15-26)35(39(33)22-29(40)34(32)51-39)37(48)43(21-7-2)28-19-17-27(18-20-28)42(8-3)9-4/h6-7,11-15,17-20,25,29-30,32-35,45H,1-2,8-10,16,21-24H2,3-5H3,(H,41,46)/t25-,29?,30-,32-,33+,34-,35-,39+/m1/s1. The minimum Gasteiger partial charge on any atom is -0.460 e. The molecule has 2 aromatic carbocycles. The van der Waals surface area contributed by atoms with Gasteiger partial charge in [0.1, 0.15) is 17.7 Å². The Morgan fingerprint density at radius 3 is 2.37 bits per heavy atom. The van der Waals surface area contributed by atoms with Gasteiger partial charge < -0.3 is 34.6 Å². The Kier molecular flexibility index (Phi) is 12.4. The molecule has 0 aliphatic carbocycles. The second-order valence-electron chi connectivity index (χ2n) is 13.3. The molecule has 51 heavy (non-hydrogen) atoms. The van der Waals surface area contributed by atoms with Gasteiger partial charge in [-0.2, -0.15) is 0 Å². The summed E-state index contributed by atoms with van der Waals surface area (Å²) in [6.45, 7) is 14.8. The molecule has 2 N–H and O–H groups in total. The van der Waals surface area contributed by atoms with Crippen molar-refractivity contribution in [3.63, 3.8) is 0 Å². The molecule has 274 valence electrons. The molecule has 0 aromatic heterocycles. The van der Waals surface area contributed by atoms with Gasteiger partial charge in [-0.25, -0.2) is 0 Å². The number of rotatable bonds is 17. The fourth-order valence-corrected chi connectivity index (χ4v) is 8.85. The molecule has 0 saturated carbocycles. The van der Waals surface area contributed by atoms with Crippen molar-refractivity contribution in [3.8, 4) is 0 Å². The summed E-state index contributed by atoms with van der Waals surface area (Å²) in [4.78, 5) is 61.0. The Hall–Kier alpha value is -4.00. The van der Waals surface area contributed by atoms with Crippen LogP contribution in [0.4, 0.5) is 11.4 Å². The first-order valence-corrected chi connectivity index (χ1v) is 18.6. The molecule has 3 amide bonds. The molecule has 2 aromatic rings.